The van der Waals surface area contributed by atoms with Crippen molar-refractivity contribution in [2.24, 2.45) is 11.7 Å². The van der Waals surface area contributed by atoms with Crippen LogP contribution in [-0.2, 0) is 11.2 Å². The van der Waals surface area contributed by atoms with Crippen LogP contribution in [-0.4, -0.2) is 13.0 Å². The second kappa shape index (κ2) is 11.9. The first-order chi connectivity index (χ1) is 18.8. The molecule has 4 rings (SSSR count). The van der Waals surface area contributed by atoms with Gasteiger partial charge in [-0.3, -0.25) is 4.79 Å². The number of methoxy groups -OCH3 is 1. The zero-order chi connectivity index (χ0) is 29.4. The average Bonchev–Trinajstić information content (AvgIpc) is 2.90. The highest BCUT2D eigenvalue weighted by Crippen LogP contribution is 2.48. The van der Waals surface area contributed by atoms with Gasteiger partial charge >= 0.3 is 0 Å². The molecule has 2 N–H and O–H groups in total. The van der Waals surface area contributed by atoms with E-state index in [0.717, 1.165) is 33.6 Å². The van der Waals surface area contributed by atoms with Crippen LogP contribution in [0.15, 0.2) is 77.0 Å². The van der Waals surface area contributed by atoms with Crippen molar-refractivity contribution < 1.29 is 18.3 Å². The largest absolute Gasteiger partial charge is 0.495 e. The summed E-state index contributed by atoms with van der Waals surface area (Å²) in [5.74, 6) is -0.883. The standard InChI is InChI=1S/C31H30Cl2F2N2O2S/c1-17-12-28(31(3,4)20-6-11-24(32)27(15-20)39-5)37(22-9-7-21(34)8-10-22)30(18(17)2)40-16-23-25(33)13-19(29(36)38)14-26(23)35/h6-15,17H,16H2,1-5H3,(H2,36,38). The van der Waals surface area contributed by atoms with Crippen molar-refractivity contribution in [2.45, 2.75) is 38.9 Å². The van der Waals surface area contributed by atoms with E-state index in [1.165, 1.54) is 30.0 Å². The SMILES string of the molecule is COc1cc(C(C)(C)C2=CC(C)C(C)=C(SCc3c(F)cc(C(N)=O)cc3Cl)N2c2ccc(F)cc2)ccc1Cl. The Morgan fingerprint density at radius 3 is 2.35 bits per heavy atom. The number of halogens is 4. The summed E-state index contributed by atoms with van der Waals surface area (Å²) in [4.78, 5) is 13.6. The molecule has 0 bridgehead atoms. The minimum absolute atomic E-state index is 0.0104. The van der Waals surface area contributed by atoms with E-state index in [2.05, 4.69) is 31.7 Å². The number of carbonyl (C=O) groups excluding carboxylic acids is 1. The molecule has 3 aromatic rings. The van der Waals surface area contributed by atoms with Crippen LogP contribution in [0.5, 0.6) is 5.75 Å². The Hall–Kier alpha value is -3.00. The molecule has 1 heterocycles. The Bertz CT molecular complexity index is 1500. The predicted molar refractivity (Wildman–Crippen MR) is 161 cm³/mol. The van der Waals surface area contributed by atoms with Crippen molar-refractivity contribution >= 4 is 46.6 Å². The summed E-state index contributed by atoms with van der Waals surface area (Å²) in [6.45, 7) is 8.34. The molecule has 1 unspecified atom stereocenters. The lowest BCUT2D eigenvalue weighted by Gasteiger charge is -2.43. The Labute approximate surface area is 247 Å². The molecule has 0 saturated heterocycles. The third-order valence-electron chi connectivity index (χ3n) is 7.25. The van der Waals surface area contributed by atoms with Gasteiger partial charge in [0.05, 0.1) is 17.2 Å². The number of carbonyl (C=O) groups is 1. The van der Waals surface area contributed by atoms with Gasteiger partial charge in [-0.1, -0.05) is 56.1 Å². The molecular formula is C31H30Cl2F2N2O2S. The van der Waals surface area contributed by atoms with E-state index < -0.39 is 17.1 Å². The van der Waals surface area contributed by atoms with Gasteiger partial charge in [0.2, 0.25) is 5.91 Å². The van der Waals surface area contributed by atoms with E-state index in [4.69, 9.17) is 33.7 Å². The average molecular weight is 604 g/mol. The summed E-state index contributed by atoms with van der Waals surface area (Å²) >= 11 is 14.1. The van der Waals surface area contributed by atoms with E-state index in [-0.39, 0.29) is 33.6 Å². The van der Waals surface area contributed by atoms with Crippen LogP contribution in [0.25, 0.3) is 0 Å². The van der Waals surface area contributed by atoms with Crippen molar-refractivity contribution in [2.75, 3.05) is 12.0 Å². The van der Waals surface area contributed by atoms with E-state index >= 15 is 4.39 Å². The first kappa shape index (κ1) is 30.0. The van der Waals surface area contributed by atoms with Gasteiger partial charge in [0.1, 0.15) is 17.4 Å². The molecule has 0 fully saturated rings. The Morgan fingerprint density at radius 2 is 1.75 bits per heavy atom. The van der Waals surface area contributed by atoms with Crippen molar-refractivity contribution in [1.29, 1.82) is 0 Å². The Kier molecular flexibility index (Phi) is 8.88. The van der Waals surface area contributed by atoms with E-state index in [0.29, 0.717) is 10.8 Å². The summed E-state index contributed by atoms with van der Waals surface area (Å²) in [5.41, 5.74) is 8.80. The van der Waals surface area contributed by atoms with Gasteiger partial charge in [0, 0.05) is 38.7 Å². The van der Waals surface area contributed by atoms with Gasteiger partial charge < -0.3 is 15.4 Å². The zero-order valence-electron chi connectivity index (χ0n) is 22.8. The van der Waals surface area contributed by atoms with Crippen molar-refractivity contribution in [3.05, 3.63) is 115 Å². The number of amides is 1. The van der Waals surface area contributed by atoms with E-state index in [9.17, 15) is 9.18 Å². The molecule has 1 amide bonds. The molecule has 1 aliphatic rings. The lowest BCUT2D eigenvalue weighted by atomic mass is 9.77. The molecule has 1 aliphatic heterocycles. The number of anilines is 1. The van der Waals surface area contributed by atoms with E-state index in [1.807, 2.05) is 25.1 Å². The second-order valence-electron chi connectivity index (χ2n) is 10.2. The van der Waals surface area contributed by atoms with Gasteiger partial charge in [-0.2, -0.15) is 0 Å². The number of thioether (sulfide) groups is 1. The molecule has 210 valence electrons. The van der Waals surface area contributed by atoms with E-state index in [1.54, 1.807) is 19.2 Å². The monoisotopic (exact) mass is 602 g/mol. The van der Waals surface area contributed by atoms with Crippen LogP contribution in [0.2, 0.25) is 10.0 Å². The van der Waals surface area contributed by atoms with Crippen LogP contribution in [0.1, 0.15) is 49.2 Å². The fourth-order valence-electron chi connectivity index (χ4n) is 4.65. The number of nitrogens with zero attached hydrogens (tertiary/aromatic N) is 1. The minimum atomic E-state index is -0.752. The van der Waals surface area contributed by atoms with Crippen LogP contribution < -0.4 is 15.4 Å². The van der Waals surface area contributed by atoms with Crippen LogP contribution >= 0.6 is 35.0 Å². The maximum absolute atomic E-state index is 15.0. The number of benzene rings is 3. The Balaban J connectivity index is 1.81. The molecular weight excluding hydrogens is 573 g/mol. The number of hydrogen-bond acceptors (Lipinski definition) is 4. The van der Waals surface area contributed by atoms with Gasteiger partial charge in [-0.15, -0.1) is 11.8 Å². The number of primary amides is 1. The third-order valence-corrected chi connectivity index (χ3v) is 9.11. The quantitative estimate of drug-likeness (QED) is 0.280. The molecule has 9 heteroatoms. The molecule has 3 aromatic carbocycles. The van der Waals surface area contributed by atoms with Crippen LogP contribution in [0.4, 0.5) is 14.5 Å². The lowest BCUT2D eigenvalue weighted by molar-refractivity contribution is 0.1000. The second-order valence-corrected chi connectivity index (χ2v) is 12.0. The predicted octanol–water partition coefficient (Wildman–Crippen LogP) is 8.86. The normalized spacial score (nSPS) is 15.8. The van der Waals surface area contributed by atoms with Crippen molar-refractivity contribution in [3.63, 3.8) is 0 Å². The minimum Gasteiger partial charge on any atom is -0.495 e. The maximum Gasteiger partial charge on any atom is 0.248 e. The smallest absolute Gasteiger partial charge is 0.248 e. The van der Waals surface area contributed by atoms with Gasteiger partial charge in [0.25, 0.3) is 0 Å². The number of nitrogens with two attached hydrogens (primary N) is 1. The highest BCUT2D eigenvalue weighted by atomic mass is 35.5. The molecule has 0 spiro atoms. The van der Waals surface area contributed by atoms with Gasteiger partial charge in [-0.25, -0.2) is 8.78 Å². The molecule has 0 radical (unpaired) electrons. The fourth-order valence-corrected chi connectivity index (χ4v) is 6.52. The highest BCUT2D eigenvalue weighted by molar-refractivity contribution is 8.02. The number of hydrogen-bond donors (Lipinski definition) is 1. The summed E-state index contributed by atoms with van der Waals surface area (Å²) in [7, 11) is 1.58. The van der Waals surface area contributed by atoms with Crippen molar-refractivity contribution in [3.8, 4) is 5.75 Å². The summed E-state index contributed by atoms with van der Waals surface area (Å²) in [5, 5.41) is 1.51. The van der Waals surface area contributed by atoms with Crippen molar-refractivity contribution in [1.82, 2.24) is 0 Å². The zero-order valence-corrected chi connectivity index (χ0v) is 25.1. The summed E-state index contributed by atoms with van der Waals surface area (Å²) in [6, 6.07) is 14.5. The molecule has 0 aromatic heterocycles. The molecule has 0 aliphatic carbocycles. The summed E-state index contributed by atoms with van der Waals surface area (Å²) in [6.07, 6.45) is 2.19. The number of ether oxygens (including phenoxy) is 1. The first-order valence-electron chi connectivity index (χ1n) is 12.6. The maximum atomic E-state index is 15.0. The van der Waals surface area contributed by atoms with Gasteiger partial charge in [0.15, 0.2) is 0 Å². The number of rotatable bonds is 8. The Morgan fingerprint density at radius 1 is 1.07 bits per heavy atom. The third kappa shape index (κ3) is 5.87. The topological polar surface area (TPSA) is 55.6 Å². The first-order valence-corrected chi connectivity index (χ1v) is 14.3. The molecule has 0 saturated carbocycles. The molecule has 40 heavy (non-hydrogen) atoms. The molecule has 4 nitrogen and oxygen atoms in total. The lowest BCUT2D eigenvalue weighted by Crippen LogP contribution is -2.37. The summed E-state index contributed by atoms with van der Waals surface area (Å²) < 4.78 is 34.5. The van der Waals surface area contributed by atoms with Gasteiger partial charge in [-0.05, 0) is 72.5 Å². The highest BCUT2D eigenvalue weighted by Gasteiger charge is 2.37. The van der Waals surface area contributed by atoms with Crippen LogP contribution in [0, 0.1) is 17.6 Å². The number of allylic oxidation sites excluding steroid dienone is 3. The van der Waals surface area contributed by atoms with Crippen LogP contribution in [0.3, 0.4) is 0 Å². The fraction of sp³-hybridized carbons (Fsp3) is 0.258. The molecule has 1 atom stereocenters.